The number of ether oxygens (including phenoxy) is 1. The van der Waals surface area contributed by atoms with Crippen molar-refractivity contribution in [3.8, 4) is 5.75 Å². The summed E-state index contributed by atoms with van der Waals surface area (Å²) in [7, 11) is 1.63. The minimum absolute atomic E-state index is 0.247. The molecule has 2 aromatic heterocycles. The van der Waals surface area contributed by atoms with Crippen LogP contribution < -0.4 is 4.74 Å². The van der Waals surface area contributed by atoms with E-state index < -0.39 is 0 Å². The standard InChI is InChI=1S/C23H18N4O3/c1-29-17-5-2-4-15(12-17)19-14-21(27(26-19)23(28)22-6-3-11-30-22)16-7-8-18-20(13-16)25-10-9-24-18/h2-13,21H,14H2,1H3/t21-/m0/s1. The van der Waals surface area contributed by atoms with Gasteiger partial charge in [-0.1, -0.05) is 18.2 Å². The van der Waals surface area contributed by atoms with Gasteiger partial charge in [-0.05, 0) is 42.0 Å². The predicted molar refractivity (Wildman–Crippen MR) is 111 cm³/mol. The van der Waals surface area contributed by atoms with Crippen molar-refractivity contribution < 1.29 is 13.9 Å². The fourth-order valence-corrected chi connectivity index (χ4v) is 3.64. The number of hydrogen-bond donors (Lipinski definition) is 0. The van der Waals surface area contributed by atoms with Crippen molar-refractivity contribution in [2.45, 2.75) is 12.5 Å². The van der Waals surface area contributed by atoms with Gasteiger partial charge in [0.25, 0.3) is 0 Å². The van der Waals surface area contributed by atoms with Crippen LogP contribution in [0.4, 0.5) is 0 Å². The van der Waals surface area contributed by atoms with Crippen molar-refractivity contribution in [1.82, 2.24) is 15.0 Å². The zero-order valence-electron chi connectivity index (χ0n) is 16.2. The molecule has 3 heterocycles. The van der Waals surface area contributed by atoms with E-state index >= 15 is 0 Å². The fraction of sp³-hybridized carbons (Fsp3) is 0.130. The van der Waals surface area contributed by atoms with Gasteiger partial charge in [-0.2, -0.15) is 5.10 Å². The maximum atomic E-state index is 13.1. The number of rotatable bonds is 4. The molecule has 148 valence electrons. The number of benzene rings is 2. The van der Waals surface area contributed by atoms with Gasteiger partial charge < -0.3 is 9.15 Å². The van der Waals surface area contributed by atoms with Crippen molar-refractivity contribution in [3.63, 3.8) is 0 Å². The Bertz CT molecular complexity index is 1250. The van der Waals surface area contributed by atoms with Crippen molar-refractivity contribution in [1.29, 1.82) is 0 Å². The summed E-state index contributed by atoms with van der Waals surface area (Å²) >= 11 is 0. The minimum Gasteiger partial charge on any atom is -0.497 e. The van der Waals surface area contributed by atoms with Crippen LogP contribution in [0.25, 0.3) is 11.0 Å². The Kier molecular flexibility index (Phi) is 4.48. The summed E-state index contributed by atoms with van der Waals surface area (Å²) in [5, 5.41) is 6.17. The molecule has 0 saturated carbocycles. The SMILES string of the molecule is COc1cccc(C2=NN(C(=O)c3ccco3)[C@H](c3ccc4nccnc4c3)C2)c1. The molecule has 1 amide bonds. The largest absolute Gasteiger partial charge is 0.497 e. The molecular formula is C23H18N4O3. The lowest BCUT2D eigenvalue weighted by atomic mass is 9.97. The van der Waals surface area contributed by atoms with E-state index in [0.717, 1.165) is 33.6 Å². The van der Waals surface area contributed by atoms with E-state index in [9.17, 15) is 4.79 Å². The number of methoxy groups -OCH3 is 1. The van der Waals surface area contributed by atoms with Crippen molar-refractivity contribution >= 4 is 22.7 Å². The molecule has 1 atom stereocenters. The average molecular weight is 398 g/mol. The maximum Gasteiger partial charge on any atom is 0.310 e. The highest BCUT2D eigenvalue weighted by atomic mass is 16.5. The number of hydrazone groups is 1. The summed E-state index contributed by atoms with van der Waals surface area (Å²) in [6.07, 6.45) is 5.36. The average Bonchev–Trinajstić information content (AvgIpc) is 3.49. The first kappa shape index (κ1) is 18.1. The molecule has 7 heteroatoms. The third kappa shape index (κ3) is 3.20. The number of hydrogen-bond acceptors (Lipinski definition) is 6. The van der Waals surface area contributed by atoms with Gasteiger partial charge in [0.05, 0.1) is 36.2 Å². The highest BCUT2D eigenvalue weighted by Crippen LogP contribution is 2.35. The molecule has 0 spiro atoms. The van der Waals surface area contributed by atoms with Gasteiger partial charge in [0, 0.05) is 24.4 Å². The second kappa shape index (κ2) is 7.44. The van der Waals surface area contributed by atoms with E-state index in [1.807, 2.05) is 42.5 Å². The number of carbonyl (C=O) groups is 1. The number of carbonyl (C=O) groups excluding carboxylic acids is 1. The van der Waals surface area contributed by atoms with Crippen LogP contribution in [0.1, 0.15) is 34.1 Å². The summed E-state index contributed by atoms with van der Waals surface area (Å²) in [6.45, 7) is 0. The molecule has 0 radical (unpaired) electrons. The Balaban J connectivity index is 1.56. The maximum absolute atomic E-state index is 13.1. The molecule has 1 aliphatic heterocycles. The summed E-state index contributed by atoms with van der Waals surface area (Å²) in [4.78, 5) is 21.8. The summed E-state index contributed by atoms with van der Waals surface area (Å²) in [5.41, 5.74) is 4.23. The number of furan rings is 1. The van der Waals surface area contributed by atoms with E-state index in [1.54, 1.807) is 31.6 Å². The van der Waals surface area contributed by atoms with E-state index in [-0.39, 0.29) is 17.7 Å². The van der Waals surface area contributed by atoms with Gasteiger partial charge in [-0.3, -0.25) is 14.8 Å². The molecule has 0 fully saturated rings. The lowest BCUT2D eigenvalue weighted by Gasteiger charge is -2.21. The van der Waals surface area contributed by atoms with Crippen LogP contribution in [0.15, 0.2) is 82.8 Å². The van der Waals surface area contributed by atoms with Gasteiger partial charge in [0.2, 0.25) is 0 Å². The molecule has 0 bridgehead atoms. The lowest BCUT2D eigenvalue weighted by molar-refractivity contribution is 0.0678. The Morgan fingerprint density at radius 3 is 2.73 bits per heavy atom. The van der Waals surface area contributed by atoms with Gasteiger partial charge in [-0.15, -0.1) is 0 Å². The Morgan fingerprint density at radius 2 is 1.93 bits per heavy atom. The van der Waals surface area contributed by atoms with E-state index in [0.29, 0.717) is 6.42 Å². The van der Waals surface area contributed by atoms with Crippen LogP contribution in [0.2, 0.25) is 0 Å². The Hall–Kier alpha value is -4.00. The van der Waals surface area contributed by atoms with Crippen LogP contribution in [0, 0.1) is 0 Å². The van der Waals surface area contributed by atoms with Gasteiger partial charge >= 0.3 is 5.91 Å². The zero-order chi connectivity index (χ0) is 20.5. The molecular weight excluding hydrogens is 380 g/mol. The minimum atomic E-state index is -0.290. The zero-order valence-corrected chi connectivity index (χ0v) is 16.2. The van der Waals surface area contributed by atoms with Crippen LogP contribution in [-0.2, 0) is 0 Å². The second-order valence-electron chi connectivity index (χ2n) is 6.93. The van der Waals surface area contributed by atoms with Crippen molar-refractivity contribution in [2.24, 2.45) is 5.10 Å². The smallest absolute Gasteiger partial charge is 0.310 e. The normalized spacial score (nSPS) is 16.0. The molecule has 2 aromatic carbocycles. The third-order valence-electron chi connectivity index (χ3n) is 5.13. The number of fused-ring (bicyclic) bond motifs is 1. The first-order valence-corrected chi connectivity index (χ1v) is 9.52. The summed E-state index contributed by atoms with van der Waals surface area (Å²) in [6, 6.07) is 16.6. The van der Waals surface area contributed by atoms with Crippen molar-refractivity contribution in [2.75, 3.05) is 7.11 Å². The highest BCUT2D eigenvalue weighted by Gasteiger charge is 2.35. The first-order chi connectivity index (χ1) is 14.7. The van der Waals surface area contributed by atoms with Crippen molar-refractivity contribution in [3.05, 3.63) is 90.1 Å². The molecule has 0 aliphatic carbocycles. The molecule has 0 unspecified atom stereocenters. The van der Waals surface area contributed by atoms with Gasteiger partial charge in [0.1, 0.15) is 5.75 Å². The topological polar surface area (TPSA) is 80.8 Å². The third-order valence-corrected chi connectivity index (χ3v) is 5.13. The Morgan fingerprint density at radius 1 is 1.07 bits per heavy atom. The predicted octanol–water partition coefficient (Wildman–Crippen LogP) is 4.22. The first-order valence-electron chi connectivity index (χ1n) is 9.52. The molecule has 1 aliphatic rings. The fourth-order valence-electron chi connectivity index (χ4n) is 3.64. The monoisotopic (exact) mass is 398 g/mol. The van der Waals surface area contributed by atoms with Crippen LogP contribution in [0.5, 0.6) is 5.75 Å². The summed E-state index contributed by atoms with van der Waals surface area (Å²) in [5.74, 6) is 0.696. The van der Waals surface area contributed by atoms with Crippen LogP contribution >= 0.6 is 0 Å². The number of aromatic nitrogens is 2. The quantitative estimate of drug-likeness (QED) is 0.514. The molecule has 4 aromatic rings. The molecule has 30 heavy (non-hydrogen) atoms. The van der Waals surface area contributed by atoms with E-state index in [2.05, 4.69) is 15.1 Å². The number of nitrogens with zero attached hydrogens (tertiary/aromatic N) is 4. The van der Waals surface area contributed by atoms with Gasteiger partial charge in [-0.25, -0.2) is 5.01 Å². The molecule has 5 rings (SSSR count). The van der Waals surface area contributed by atoms with Crippen LogP contribution in [0.3, 0.4) is 0 Å². The van der Waals surface area contributed by atoms with Crippen LogP contribution in [-0.4, -0.2) is 33.7 Å². The van der Waals surface area contributed by atoms with E-state index in [4.69, 9.17) is 9.15 Å². The second-order valence-corrected chi connectivity index (χ2v) is 6.93. The molecule has 0 saturated heterocycles. The number of amides is 1. The molecule has 0 N–H and O–H groups in total. The Labute approximate surface area is 172 Å². The highest BCUT2D eigenvalue weighted by molar-refractivity contribution is 6.04. The summed E-state index contributed by atoms with van der Waals surface area (Å²) < 4.78 is 10.7. The van der Waals surface area contributed by atoms with E-state index in [1.165, 1.54) is 11.3 Å². The molecule has 7 nitrogen and oxygen atoms in total. The van der Waals surface area contributed by atoms with Gasteiger partial charge in [0.15, 0.2) is 5.76 Å². The lowest BCUT2D eigenvalue weighted by Crippen LogP contribution is -2.26.